The van der Waals surface area contributed by atoms with Gasteiger partial charge in [0.1, 0.15) is 5.52 Å². The summed E-state index contributed by atoms with van der Waals surface area (Å²) in [7, 11) is 0. The maximum Gasteiger partial charge on any atom is 0.160 e. The van der Waals surface area contributed by atoms with E-state index in [9.17, 15) is 0 Å². The molecule has 1 aliphatic carbocycles. The average molecular weight is 614 g/mol. The number of aromatic nitrogens is 3. The molecule has 3 heteroatoms. The van der Waals surface area contributed by atoms with Crippen LogP contribution >= 0.6 is 0 Å². The normalized spacial score (nSPS) is 13.4. The van der Waals surface area contributed by atoms with E-state index in [-0.39, 0.29) is 5.41 Å². The number of hydrogen-bond donors (Lipinski definition) is 0. The van der Waals surface area contributed by atoms with Crippen molar-refractivity contribution in [2.24, 2.45) is 0 Å². The van der Waals surface area contributed by atoms with Gasteiger partial charge in [0.05, 0.1) is 22.9 Å². The summed E-state index contributed by atoms with van der Waals surface area (Å²) < 4.78 is 2.40. The van der Waals surface area contributed by atoms with E-state index in [1.54, 1.807) is 0 Å². The minimum atomic E-state index is -0.200. The number of hydrogen-bond acceptors (Lipinski definition) is 2. The lowest BCUT2D eigenvalue weighted by molar-refractivity contribution is 0.666. The van der Waals surface area contributed by atoms with Crippen molar-refractivity contribution in [2.45, 2.75) is 19.3 Å². The van der Waals surface area contributed by atoms with Crippen molar-refractivity contribution < 1.29 is 0 Å². The first kappa shape index (κ1) is 27.1. The molecular weight excluding hydrogens is 583 g/mol. The first-order valence-electron chi connectivity index (χ1n) is 16.6. The summed E-state index contributed by atoms with van der Waals surface area (Å²) >= 11 is 0. The van der Waals surface area contributed by atoms with Crippen LogP contribution in [-0.4, -0.2) is 14.5 Å². The molecule has 3 nitrogen and oxygen atoms in total. The molecule has 0 amide bonds. The van der Waals surface area contributed by atoms with E-state index in [2.05, 4.69) is 164 Å². The lowest BCUT2D eigenvalue weighted by atomic mass is 9.81. The molecule has 0 bridgehead atoms. The standard InChI is InChI=1S/C45H31N3/c1-45(2)37-22-11-10-19-33(37)35-24-26-39-41(42(35)45)43-40(27-46-44(47-43)36-21-12-16-29-15-6-7-17-30(29)36)48(39)38-25-23-31(28-13-4-3-5-14-28)32-18-8-9-20-34(32)38/h3-27H,1-2H3. The van der Waals surface area contributed by atoms with E-state index in [0.29, 0.717) is 0 Å². The number of rotatable bonds is 3. The fourth-order valence-corrected chi connectivity index (χ4v) is 8.30. The van der Waals surface area contributed by atoms with Gasteiger partial charge in [-0.2, -0.15) is 0 Å². The molecule has 0 atom stereocenters. The molecule has 48 heavy (non-hydrogen) atoms. The van der Waals surface area contributed by atoms with Gasteiger partial charge in [0, 0.05) is 21.8 Å². The highest BCUT2D eigenvalue weighted by Crippen LogP contribution is 2.53. The van der Waals surface area contributed by atoms with E-state index < -0.39 is 0 Å². The molecule has 0 N–H and O–H groups in total. The van der Waals surface area contributed by atoms with Crippen LogP contribution in [0.1, 0.15) is 25.0 Å². The molecule has 0 spiro atoms. The molecule has 10 rings (SSSR count). The molecule has 2 heterocycles. The van der Waals surface area contributed by atoms with E-state index in [0.717, 1.165) is 39.0 Å². The van der Waals surface area contributed by atoms with Crippen LogP contribution in [0.25, 0.3) is 82.8 Å². The largest absolute Gasteiger partial charge is 0.306 e. The summed E-state index contributed by atoms with van der Waals surface area (Å²) in [6, 6.07) is 52.3. The van der Waals surface area contributed by atoms with Crippen molar-refractivity contribution in [3.8, 4) is 39.3 Å². The summed E-state index contributed by atoms with van der Waals surface area (Å²) in [5, 5.41) is 5.95. The second-order valence-electron chi connectivity index (χ2n) is 13.4. The molecule has 9 aromatic rings. The van der Waals surface area contributed by atoms with Crippen molar-refractivity contribution in [1.29, 1.82) is 0 Å². The third-order valence-corrected chi connectivity index (χ3v) is 10.4. The molecule has 0 aliphatic heterocycles. The summed E-state index contributed by atoms with van der Waals surface area (Å²) in [5.41, 5.74) is 12.8. The first-order chi connectivity index (χ1) is 23.6. The Morgan fingerprint density at radius 3 is 2.08 bits per heavy atom. The van der Waals surface area contributed by atoms with E-state index in [4.69, 9.17) is 9.97 Å². The maximum atomic E-state index is 5.49. The molecule has 0 radical (unpaired) electrons. The summed E-state index contributed by atoms with van der Waals surface area (Å²) in [6.07, 6.45) is 2.04. The smallest absolute Gasteiger partial charge is 0.160 e. The Morgan fingerprint density at radius 2 is 1.21 bits per heavy atom. The van der Waals surface area contributed by atoms with Gasteiger partial charge in [-0.05, 0) is 61.7 Å². The van der Waals surface area contributed by atoms with Crippen LogP contribution in [0, 0.1) is 0 Å². The van der Waals surface area contributed by atoms with Crippen LogP contribution in [0.2, 0.25) is 0 Å². The number of nitrogens with zero attached hydrogens (tertiary/aromatic N) is 3. The molecule has 2 aromatic heterocycles. The zero-order valence-corrected chi connectivity index (χ0v) is 26.8. The van der Waals surface area contributed by atoms with E-state index in [1.165, 1.54) is 54.9 Å². The maximum absolute atomic E-state index is 5.49. The number of fused-ring (bicyclic) bond motifs is 9. The zero-order chi connectivity index (χ0) is 32.0. The van der Waals surface area contributed by atoms with Gasteiger partial charge in [-0.25, -0.2) is 9.97 Å². The van der Waals surface area contributed by atoms with Gasteiger partial charge in [-0.1, -0.05) is 147 Å². The lowest BCUT2D eigenvalue weighted by Gasteiger charge is -2.22. The predicted molar refractivity (Wildman–Crippen MR) is 200 cm³/mol. The molecule has 226 valence electrons. The Morgan fingerprint density at radius 1 is 0.521 bits per heavy atom. The van der Waals surface area contributed by atoms with Gasteiger partial charge < -0.3 is 4.57 Å². The summed E-state index contributed by atoms with van der Waals surface area (Å²) in [4.78, 5) is 10.6. The van der Waals surface area contributed by atoms with Gasteiger partial charge in [-0.3, -0.25) is 0 Å². The molecule has 7 aromatic carbocycles. The quantitative estimate of drug-likeness (QED) is 0.198. The molecule has 0 fully saturated rings. The van der Waals surface area contributed by atoms with Crippen LogP contribution in [0.5, 0.6) is 0 Å². The third-order valence-electron chi connectivity index (χ3n) is 10.4. The Labute approximate surface area is 278 Å². The van der Waals surface area contributed by atoms with Crippen LogP contribution < -0.4 is 0 Å². The monoisotopic (exact) mass is 613 g/mol. The van der Waals surface area contributed by atoms with Crippen LogP contribution in [0.15, 0.2) is 152 Å². The second-order valence-corrected chi connectivity index (χ2v) is 13.4. The van der Waals surface area contributed by atoms with E-state index in [1.807, 2.05) is 6.20 Å². The van der Waals surface area contributed by atoms with Gasteiger partial charge >= 0.3 is 0 Å². The molecule has 0 saturated carbocycles. The van der Waals surface area contributed by atoms with Crippen molar-refractivity contribution in [1.82, 2.24) is 14.5 Å². The van der Waals surface area contributed by atoms with Gasteiger partial charge in [0.15, 0.2) is 5.82 Å². The van der Waals surface area contributed by atoms with Gasteiger partial charge in [-0.15, -0.1) is 0 Å². The van der Waals surface area contributed by atoms with Gasteiger partial charge in [0.25, 0.3) is 0 Å². The Hall–Kier alpha value is -6.06. The number of benzene rings is 7. The third kappa shape index (κ3) is 3.70. The van der Waals surface area contributed by atoms with Crippen molar-refractivity contribution in [3.05, 3.63) is 163 Å². The fraction of sp³-hybridized carbons (Fsp3) is 0.0667. The van der Waals surface area contributed by atoms with E-state index >= 15 is 0 Å². The predicted octanol–water partition coefficient (Wildman–Crippen LogP) is 11.5. The highest BCUT2D eigenvalue weighted by molar-refractivity contribution is 6.14. The Kier molecular flexibility index (Phi) is 5.63. The van der Waals surface area contributed by atoms with Crippen LogP contribution in [0.4, 0.5) is 0 Å². The second kappa shape index (κ2) is 9.97. The highest BCUT2D eigenvalue weighted by atomic mass is 15.0. The average Bonchev–Trinajstić information content (AvgIpc) is 3.59. The van der Waals surface area contributed by atoms with Crippen molar-refractivity contribution in [3.63, 3.8) is 0 Å². The minimum absolute atomic E-state index is 0.200. The van der Waals surface area contributed by atoms with Crippen molar-refractivity contribution in [2.75, 3.05) is 0 Å². The van der Waals surface area contributed by atoms with Crippen LogP contribution in [0.3, 0.4) is 0 Å². The summed E-state index contributed by atoms with van der Waals surface area (Å²) in [5.74, 6) is 0.744. The Bertz CT molecular complexity index is 2750. The first-order valence-corrected chi connectivity index (χ1v) is 16.6. The Balaban J connectivity index is 1.33. The molecule has 0 saturated heterocycles. The topological polar surface area (TPSA) is 30.7 Å². The zero-order valence-electron chi connectivity index (χ0n) is 26.8. The lowest BCUT2D eigenvalue weighted by Crippen LogP contribution is -2.15. The van der Waals surface area contributed by atoms with Crippen molar-refractivity contribution >= 4 is 43.5 Å². The molecule has 1 aliphatic rings. The SMILES string of the molecule is CC1(C)c2ccccc2-c2ccc3c(c21)c1nc(-c2cccc4ccccc24)ncc1n3-c1ccc(-c2ccccc2)c2ccccc12. The highest BCUT2D eigenvalue weighted by Gasteiger charge is 2.38. The van der Waals surface area contributed by atoms with Gasteiger partial charge in [0.2, 0.25) is 0 Å². The van der Waals surface area contributed by atoms with Crippen LogP contribution in [-0.2, 0) is 5.41 Å². The molecular formula is C45H31N3. The summed E-state index contributed by atoms with van der Waals surface area (Å²) in [6.45, 7) is 4.72. The minimum Gasteiger partial charge on any atom is -0.306 e. The fourth-order valence-electron chi connectivity index (χ4n) is 8.30. The molecule has 0 unspecified atom stereocenters.